The Bertz CT molecular complexity index is 1090. The molecule has 31 heavy (non-hydrogen) atoms. The van der Waals surface area contributed by atoms with Crippen molar-refractivity contribution in [2.75, 3.05) is 0 Å². The third kappa shape index (κ3) is 6.51. The van der Waals surface area contributed by atoms with E-state index in [0.29, 0.717) is 16.7 Å². The Balaban J connectivity index is 1.88. The predicted octanol–water partition coefficient (Wildman–Crippen LogP) is 6.05. The molecule has 3 rings (SSSR count). The molecule has 0 N–H and O–H groups in total. The Morgan fingerprint density at radius 3 is 1.19 bits per heavy atom. The SMILES string of the molecule is O=C(/C=C/c1ccc(F)cc1)C(=Cc1ccc(F)cc1)C(=O)/C=C/c1ccc(F)cc1. The maximum atomic E-state index is 13.2. The quantitative estimate of drug-likeness (QED) is 0.266. The van der Waals surface area contributed by atoms with Crippen LogP contribution in [0.3, 0.4) is 0 Å². The minimum atomic E-state index is -0.567. The highest BCUT2D eigenvalue weighted by molar-refractivity contribution is 6.31. The second-order valence-electron chi connectivity index (χ2n) is 6.61. The average Bonchev–Trinajstić information content (AvgIpc) is 2.77. The predicted molar refractivity (Wildman–Crippen MR) is 115 cm³/mol. The summed E-state index contributed by atoms with van der Waals surface area (Å²) in [5.74, 6) is -2.38. The zero-order valence-electron chi connectivity index (χ0n) is 16.3. The summed E-state index contributed by atoms with van der Waals surface area (Å²) in [6, 6.07) is 16.4. The molecule has 0 bridgehead atoms. The molecule has 5 heteroatoms. The van der Waals surface area contributed by atoms with Crippen molar-refractivity contribution in [3.8, 4) is 0 Å². The standard InChI is InChI=1S/C26H17F3O2/c27-21-9-1-18(2-10-21)7-15-25(30)24(17-20-5-13-23(29)14-6-20)26(31)16-8-19-3-11-22(28)12-4-19/h1-17H/b15-7+,16-8+. The molecule has 0 unspecified atom stereocenters. The van der Waals surface area contributed by atoms with Gasteiger partial charge < -0.3 is 0 Å². The molecule has 0 atom stereocenters. The lowest BCUT2D eigenvalue weighted by atomic mass is 10.0. The number of carbonyl (C=O) groups is 2. The number of hydrogen-bond acceptors (Lipinski definition) is 2. The van der Waals surface area contributed by atoms with Gasteiger partial charge >= 0.3 is 0 Å². The van der Waals surface area contributed by atoms with Gasteiger partial charge in [0.25, 0.3) is 0 Å². The van der Waals surface area contributed by atoms with E-state index in [1.54, 1.807) is 0 Å². The average molecular weight is 418 g/mol. The van der Waals surface area contributed by atoms with Crippen molar-refractivity contribution in [1.82, 2.24) is 0 Å². The van der Waals surface area contributed by atoms with E-state index in [-0.39, 0.29) is 5.57 Å². The van der Waals surface area contributed by atoms with Gasteiger partial charge in [0.05, 0.1) is 5.57 Å². The lowest BCUT2D eigenvalue weighted by Gasteiger charge is -2.02. The molecule has 0 amide bonds. The van der Waals surface area contributed by atoms with Crippen LogP contribution in [0.25, 0.3) is 18.2 Å². The van der Waals surface area contributed by atoms with Crippen LogP contribution in [0.4, 0.5) is 13.2 Å². The van der Waals surface area contributed by atoms with Gasteiger partial charge in [-0.1, -0.05) is 48.6 Å². The molecule has 154 valence electrons. The summed E-state index contributed by atoms with van der Waals surface area (Å²) < 4.78 is 39.3. The molecule has 0 radical (unpaired) electrons. The number of hydrogen-bond donors (Lipinski definition) is 0. The minimum absolute atomic E-state index is 0.136. The minimum Gasteiger partial charge on any atom is -0.289 e. The summed E-state index contributed by atoms with van der Waals surface area (Å²) in [4.78, 5) is 25.5. The van der Waals surface area contributed by atoms with Gasteiger partial charge in [0.15, 0.2) is 11.6 Å². The second kappa shape index (κ2) is 10.2. The van der Waals surface area contributed by atoms with E-state index in [1.807, 2.05) is 0 Å². The van der Waals surface area contributed by atoms with Crippen LogP contribution in [0.5, 0.6) is 0 Å². The van der Waals surface area contributed by atoms with Gasteiger partial charge in [-0.05, 0) is 71.3 Å². The lowest BCUT2D eigenvalue weighted by Crippen LogP contribution is -2.08. The highest BCUT2D eigenvalue weighted by Crippen LogP contribution is 2.14. The van der Waals surface area contributed by atoms with Crippen LogP contribution in [-0.4, -0.2) is 11.6 Å². The van der Waals surface area contributed by atoms with Gasteiger partial charge in [-0.25, -0.2) is 13.2 Å². The summed E-state index contributed by atoms with van der Waals surface area (Å²) in [5, 5.41) is 0. The van der Waals surface area contributed by atoms with Crippen LogP contribution in [-0.2, 0) is 9.59 Å². The molecule has 0 heterocycles. The van der Waals surface area contributed by atoms with Crippen LogP contribution in [0.2, 0.25) is 0 Å². The first-order valence-corrected chi connectivity index (χ1v) is 9.34. The van der Waals surface area contributed by atoms with Gasteiger partial charge in [-0.2, -0.15) is 0 Å². The molecular weight excluding hydrogens is 401 g/mol. The van der Waals surface area contributed by atoms with Crippen LogP contribution < -0.4 is 0 Å². The summed E-state index contributed by atoms with van der Waals surface area (Å²) in [5.41, 5.74) is 1.52. The number of carbonyl (C=O) groups excluding carboxylic acids is 2. The molecule has 0 aliphatic heterocycles. The van der Waals surface area contributed by atoms with E-state index in [1.165, 1.54) is 103 Å². The Hall–Kier alpha value is -3.99. The highest BCUT2D eigenvalue weighted by Gasteiger charge is 2.14. The number of ketones is 2. The number of halogens is 3. The van der Waals surface area contributed by atoms with Crippen molar-refractivity contribution in [2.24, 2.45) is 0 Å². The molecule has 3 aromatic carbocycles. The zero-order valence-corrected chi connectivity index (χ0v) is 16.3. The summed E-state index contributed by atoms with van der Waals surface area (Å²) in [7, 11) is 0. The largest absolute Gasteiger partial charge is 0.289 e. The first-order valence-electron chi connectivity index (χ1n) is 9.34. The van der Waals surface area contributed by atoms with Crippen molar-refractivity contribution in [3.63, 3.8) is 0 Å². The Morgan fingerprint density at radius 1 is 0.516 bits per heavy atom. The molecule has 0 spiro atoms. The van der Waals surface area contributed by atoms with E-state index in [0.717, 1.165) is 0 Å². The third-order valence-corrected chi connectivity index (χ3v) is 4.31. The summed E-state index contributed by atoms with van der Waals surface area (Å²) in [6.07, 6.45) is 6.74. The zero-order chi connectivity index (χ0) is 22.2. The molecule has 3 aromatic rings. The van der Waals surface area contributed by atoms with Crippen LogP contribution in [0, 0.1) is 17.5 Å². The van der Waals surface area contributed by atoms with E-state index in [9.17, 15) is 22.8 Å². The van der Waals surface area contributed by atoms with Crippen LogP contribution in [0.15, 0.2) is 90.5 Å². The molecule has 0 aliphatic rings. The second-order valence-corrected chi connectivity index (χ2v) is 6.61. The molecular formula is C26H17F3O2. The molecule has 0 fully saturated rings. The van der Waals surface area contributed by atoms with Crippen molar-refractivity contribution < 1.29 is 22.8 Å². The Labute approximate surface area is 177 Å². The maximum Gasteiger partial charge on any atom is 0.189 e. The fraction of sp³-hybridized carbons (Fsp3) is 0. The molecule has 0 aliphatic carbocycles. The number of allylic oxidation sites excluding steroid dienone is 3. The first kappa shape index (κ1) is 21.7. The third-order valence-electron chi connectivity index (χ3n) is 4.31. The van der Waals surface area contributed by atoms with Crippen LogP contribution in [0.1, 0.15) is 16.7 Å². The van der Waals surface area contributed by atoms with Gasteiger partial charge in [0.2, 0.25) is 0 Å². The van der Waals surface area contributed by atoms with Crippen molar-refractivity contribution >= 4 is 29.8 Å². The van der Waals surface area contributed by atoms with E-state index >= 15 is 0 Å². The normalized spacial score (nSPS) is 11.1. The monoisotopic (exact) mass is 418 g/mol. The van der Waals surface area contributed by atoms with Crippen molar-refractivity contribution in [3.05, 3.63) is 125 Å². The summed E-state index contributed by atoms with van der Waals surface area (Å²) in [6.45, 7) is 0. The van der Waals surface area contributed by atoms with Gasteiger partial charge in [-0.3, -0.25) is 9.59 Å². The topological polar surface area (TPSA) is 34.1 Å². The molecule has 0 saturated heterocycles. The van der Waals surface area contributed by atoms with E-state index in [2.05, 4.69) is 0 Å². The van der Waals surface area contributed by atoms with Crippen LogP contribution >= 0.6 is 0 Å². The lowest BCUT2D eigenvalue weighted by molar-refractivity contribution is -0.116. The van der Waals surface area contributed by atoms with Gasteiger partial charge in [0, 0.05) is 0 Å². The first-order chi connectivity index (χ1) is 14.9. The van der Waals surface area contributed by atoms with Gasteiger partial charge in [-0.15, -0.1) is 0 Å². The fourth-order valence-electron chi connectivity index (χ4n) is 2.66. The summed E-state index contributed by atoms with van der Waals surface area (Å²) >= 11 is 0. The Kier molecular flexibility index (Phi) is 7.12. The molecule has 0 saturated carbocycles. The Morgan fingerprint density at radius 2 is 0.839 bits per heavy atom. The fourth-order valence-corrected chi connectivity index (χ4v) is 2.66. The van der Waals surface area contributed by atoms with E-state index in [4.69, 9.17) is 0 Å². The van der Waals surface area contributed by atoms with Gasteiger partial charge in [0.1, 0.15) is 17.5 Å². The smallest absolute Gasteiger partial charge is 0.189 e. The number of rotatable bonds is 7. The highest BCUT2D eigenvalue weighted by atomic mass is 19.1. The van der Waals surface area contributed by atoms with E-state index < -0.39 is 29.0 Å². The maximum absolute atomic E-state index is 13.2. The molecule has 0 aromatic heterocycles. The molecule has 2 nitrogen and oxygen atoms in total. The van der Waals surface area contributed by atoms with Crippen molar-refractivity contribution in [2.45, 2.75) is 0 Å². The number of benzene rings is 3. The van der Waals surface area contributed by atoms with Crippen molar-refractivity contribution in [1.29, 1.82) is 0 Å².